The number of hydrogen-bond acceptors (Lipinski definition) is 4. The van der Waals surface area contributed by atoms with Crippen molar-refractivity contribution in [2.24, 2.45) is 0 Å². The highest BCUT2D eigenvalue weighted by molar-refractivity contribution is 6.56. The molecule has 10 heteroatoms. The Morgan fingerprint density at radius 2 is 1.37 bits per heavy atom. The fourth-order valence-electron chi connectivity index (χ4n) is 3.83. The number of carbonyl (C=O) groups excluding carboxylic acids is 2. The van der Waals surface area contributed by atoms with Crippen molar-refractivity contribution >= 4 is 75.6 Å². The van der Waals surface area contributed by atoms with Gasteiger partial charge in [-0.05, 0) is 37.5 Å². The highest BCUT2D eigenvalue weighted by Crippen LogP contribution is 2.46. The van der Waals surface area contributed by atoms with Crippen LogP contribution in [-0.4, -0.2) is 36.0 Å². The zero-order chi connectivity index (χ0) is 21.7. The zero-order valence-electron chi connectivity index (χ0n) is 15.3. The maximum atomic E-state index is 13.0. The first-order valence-corrected chi connectivity index (χ1v) is 10.6. The van der Waals surface area contributed by atoms with Crippen LogP contribution in [0.4, 0.5) is 11.4 Å². The van der Waals surface area contributed by atoms with Gasteiger partial charge in [-0.15, -0.1) is 0 Å². The Balaban J connectivity index is 1.81. The molecule has 0 atom stereocenters. The van der Waals surface area contributed by atoms with Gasteiger partial charge in [-0.1, -0.05) is 46.4 Å². The van der Waals surface area contributed by atoms with Gasteiger partial charge in [0.25, 0.3) is 11.8 Å². The van der Waals surface area contributed by atoms with Crippen molar-refractivity contribution < 1.29 is 19.5 Å². The first-order valence-electron chi connectivity index (χ1n) is 9.11. The van der Waals surface area contributed by atoms with E-state index in [-0.39, 0.29) is 42.5 Å². The quantitative estimate of drug-likeness (QED) is 0.336. The lowest BCUT2D eigenvalue weighted by Crippen LogP contribution is -2.32. The molecule has 2 heterocycles. The van der Waals surface area contributed by atoms with E-state index in [1.54, 1.807) is 6.07 Å². The number of fused-ring (bicyclic) bond motifs is 1. The summed E-state index contributed by atoms with van der Waals surface area (Å²) >= 11 is 24.4. The minimum Gasteiger partial charge on any atom is -0.478 e. The molecule has 2 aromatic rings. The van der Waals surface area contributed by atoms with Crippen LogP contribution in [0.5, 0.6) is 0 Å². The fourth-order valence-corrected chi connectivity index (χ4v) is 4.84. The number of carbonyl (C=O) groups is 3. The number of carboxylic acid groups (broad SMARTS) is 1. The number of halogens is 4. The van der Waals surface area contributed by atoms with Gasteiger partial charge in [0.05, 0.1) is 48.2 Å². The molecule has 2 aliphatic rings. The van der Waals surface area contributed by atoms with Crippen LogP contribution in [0.2, 0.25) is 20.1 Å². The Morgan fingerprint density at radius 3 is 1.87 bits per heavy atom. The van der Waals surface area contributed by atoms with E-state index in [1.165, 1.54) is 12.1 Å². The molecule has 0 aliphatic carbocycles. The molecule has 30 heavy (non-hydrogen) atoms. The first-order chi connectivity index (χ1) is 14.2. The summed E-state index contributed by atoms with van der Waals surface area (Å²) < 4.78 is 0. The molecule has 1 fully saturated rings. The Kier molecular flexibility index (Phi) is 5.62. The molecule has 0 spiro atoms. The van der Waals surface area contributed by atoms with Crippen molar-refractivity contribution in [1.82, 2.24) is 0 Å². The van der Waals surface area contributed by atoms with E-state index in [0.29, 0.717) is 5.69 Å². The average molecular weight is 488 g/mol. The lowest BCUT2D eigenvalue weighted by atomic mass is 10.1. The lowest BCUT2D eigenvalue weighted by molar-refractivity contribution is 0.0696. The molecular formula is C20H14Cl4N2O4. The molecule has 0 unspecified atom stereocenters. The molecule has 1 saturated heterocycles. The molecule has 156 valence electrons. The van der Waals surface area contributed by atoms with E-state index in [0.717, 1.165) is 37.3 Å². The molecule has 2 aromatic carbocycles. The predicted molar refractivity (Wildman–Crippen MR) is 117 cm³/mol. The second-order valence-corrected chi connectivity index (χ2v) is 8.52. The van der Waals surface area contributed by atoms with Crippen LogP contribution in [0.15, 0.2) is 18.2 Å². The van der Waals surface area contributed by atoms with Crippen LogP contribution in [-0.2, 0) is 0 Å². The average Bonchev–Trinajstić information content (AvgIpc) is 3.01. The number of rotatable bonds is 3. The summed E-state index contributed by atoms with van der Waals surface area (Å²) in [6.45, 7) is 1.49. The van der Waals surface area contributed by atoms with Crippen molar-refractivity contribution in [3.63, 3.8) is 0 Å². The Labute approximate surface area is 191 Å². The number of imide groups is 1. The highest BCUT2D eigenvalue weighted by atomic mass is 35.5. The molecule has 4 rings (SSSR count). The maximum Gasteiger partial charge on any atom is 0.337 e. The van der Waals surface area contributed by atoms with Gasteiger partial charge in [-0.25, -0.2) is 9.69 Å². The van der Waals surface area contributed by atoms with Crippen molar-refractivity contribution in [2.75, 3.05) is 22.9 Å². The van der Waals surface area contributed by atoms with Crippen molar-refractivity contribution in [3.8, 4) is 0 Å². The second-order valence-electron chi connectivity index (χ2n) is 7.01. The van der Waals surface area contributed by atoms with Gasteiger partial charge in [0.15, 0.2) is 0 Å². The summed E-state index contributed by atoms with van der Waals surface area (Å²) in [5.41, 5.74) is 0.332. The minimum atomic E-state index is -1.16. The van der Waals surface area contributed by atoms with Crippen LogP contribution < -0.4 is 9.80 Å². The van der Waals surface area contributed by atoms with Gasteiger partial charge in [0, 0.05) is 13.1 Å². The third-order valence-corrected chi connectivity index (χ3v) is 7.07. The standard InChI is InChI=1S/C20H14Cl4N2O4/c21-14-12-13(15(22)17(24)16(14)23)19(28)26(18(12)27)9-4-5-11(10(8-9)20(29)30)25-6-2-1-3-7-25/h4-5,8H,1-3,6-7H2,(H,29,30). The largest absolute Gasteiger partial charge is 0.478 e. The summed E-state index contributed by atoms with van der Waals surface area (Å²) in [5.74, 6) is -2.65. The number of benzene rings is 2. The number of amides is 2. The summed E-state index contributed by atoms with van der Waals surface area (Å²) in [6, 6.07) is 4.44. The Hall–Kier alpha value is -1.99. The van der Waals surface area contributed by atoms with E-state index in [9.17, 15) is 19.5 Å². The molecule has 2 aliphatic heterocycles. The van der Waals surface area contributed by atoms with Crippen LogP contribution in [0.1, 0.15) is 50.3 Å². The van der Waals surface area contributed by atoms with Gasteiger partial charge in [0.1, 0.15) is 0 Å². The molecule has 0 aromatic heterocycles. The normalized spacial score (nSPS) is 16.3. The fraction of sp³-hybridized carbons (Fsp3) is 0.250. The summed E-state index contributed by atoms with van der Waals surface area (Å²) in [5, 5.41) is 9.13. The molecule has 2 amide bonds. The predicted octanol–water partition coefficient (Wildman–Crippen LogP) is 5.79. The minimum absolute atomic E-state index is 0.000727. The summed E-state index contributed by atoms with van der Waals surface area (Å²) in [4.78, 5) is 40.8. The Morgan fingerprint density at radius 1 is 0.833 bits per heavy atom. The molecule has 0 bridgehead atoms. The van der Waals surface area contributed by atoms with Gasteiger partial charge in [0.2, 0.25) is 0 Å². The van der Waals surface area contributed by atoms with E-state index in [2.05, 4.69) is 0 Å². The summed E-state index contributed by atoms with van der Waals surface area (Å²) in [7, 11) is 0. The van der Waals surface area contributed by atoms with Crippen LogP contribution in [0.3, 0.4) is 0 Å². The number of carboxylic acids is 1. The number of hydrogen-bond donors (Lipinski definition) is 1. The van der Waals surface area contributed by atoms with E-state index in [4.69, 9.17) is 46.4 Å². The SMILES string of the molecule is O=C(O)c1cc(N2C(=O)c3c(Cl)c(Cl)c(Cl)c(Cl)c3C2=O)ccc1N1CCCCC1. The zero-order valence-corrected chi connectivity index (χ0v) is 18.4. The summed E-state index contributed by atoms with van der Waals surface area (Å²) in [6.07, 6.45) is 3.04. The monoisotopic (exact) mass is 486 g/mol. The van der Waals surface area contributed by atoms with E-state index < -0.39 is 17.8 Å². The first kappa shape index (κ1) is 21.2. The van der Waals surface area contributed by atoms with Gasteiger partial charge >= 0.3 is 5.97 Å². The molecule has 1 N–H and O–H groups in total. The molecule has 0 radical (unpaired) electrons. The maximum absolute atomic E-state index is 13.0. The third kappa shape index (κ3) is 3.23. The van der Waals surface area contributed by atoms with E-state index in [1.807, 2.05) is 4.90 Å². The molecule has 6 nitrogen and oxygen atoms in total. The van der Waals surface area contributed by atoms with Gasteiger partial charge < -0.3 is 10.0 Å². The topological polar surface area (TPSA) is 77.9 Å². The van der Waals surface area contributed by atoms with E-state index >= 15 is 0 Å². The van der Waals surface area contributed by atoms with Crippen LogP contribution >= 0.6 is 46.4 Å². The number of nitrogens with zero attached hydrogens (tertiary/aromatic N) is 2. The highest BCUT2D eigenvalue weighted by Gasteiger charge is 2.42. The number of aromatic carboxylic acids is 1. The van der Waals surface area contributed by atoms with Gasteiger partial charge in [-0.2, -0.15) is 0 Å². The Bertz CT molecular complexity index is 1070. The molecule has 0 saturated carbocycles. The smallest absolute Gasteiger partial charge is 0.337 e. The lowest BCUT2D eigenvalue weighted by Gasteiger charge is -2.30. The van der Waals surface area contributed by atoms with Crippen LogP contribution in [0.25, 0.3) is 0 Å². The second kappa shape index (κ2) is 7.93. The number of piperidine rings is 1. The van der Waals surface area contributed by atoms with Gasteiger partial charge in [-0.3, -0.25) is 9.59 Å². The van der Waals surface area contributed by atoms with Crippen molar-refractivity contribution in [2.45, 2.75) is 19.3 Å². The number of anilines is 2. The molecular weight excluding hydrogens is 474 g/mol. The van der Waals surface area contributed by atoms with Crippen molar-refractivity contribution in [3.05, 3.63) is 55.0 Å². The third-order valence-electron chi connectivity index (χ3n) is 5.27. The van der Waals surface area contributed by atoms with Crippen LogP contribution in [0, 0.1) is 0 Å². The van der Waals surface area contributed by atoms with Crippen molar-refractivity contribution in [1.29, 1.82) is 0 Å².